The number of rotatable bonds is 7. The number of aryl methyl sites for hydroxylation is 1. The fourth-order valence-corrected chi connectivity index (χ4v) is 2.84. The standard InChI is InChI=1S/C21H22FN3O2/c1-15-20(16(2)25(24-15)13-17-7-4-3-5-8-17)12-23-21(26)14-27-19-10-6-9-18(22)11-19/h3-11H,12-14H2,1-2H3,(H,23,26). The highest BCUT2D eigenvalue weighted by Crippen LogP contribution is 2.15. The third-order valence-corrected chi connectivity index (χ3v) is 4.33. The lowest BCUT2D eigenvalue weighted by atomic mass is 10.2. The summed E-state index contributed by atoms with van der Waals surface area (Å²) >= 11 is 0. The van der Waals surface area contributed by atoms with Gasteiger partial charge >= 0.3 is 0 Å². The molecule has 0 aliphatic carbocycles. The molecule has 0 aliphatic heterocycles. The van der Waals surface area contributed by atoms with Crippen LogP contribution >= 0.6 is 0 Å². The molecule has 6 heteroatoms. The summed E-state index contributed by atoms with van der Waals surface area (Å²) in [7, 11) is 0. The molecule has 0 atom stereocenters. The lowest BCUT2D eigenvalue weighted by Crippen LogP contribution is -2.28. The molecular weight excluding hydrogens is 345 g/mol. The Labute approximate surface area is 157 Å². The van der Waals surface area contributed by atoms with E-state index < -0.39 is 5.82 Å². The van der Waals surface area contributed by atoms with E-state index in [4.69, 9.17) is 4.74 Å². The monoisotopic (exact) mass is 367 g/mol. The van der Waals surface area contributed by atoms with Crippen LogP contribution in [-0.4, -0.2) is 22.3 Å². The fraction of sp³-hybridized carbons (Fsp3) is 0.238. The van der Waals surface area contributed by atoms with Crippen LogP contribution in [0.2, 0.25) is 0 Å². The Bertz CT molecular complexity index is 922. The van der Waals surface area contributed by atoms with Gasteiger partial charge in [0.15, 0.2) is 6.61 Å². The normalized spacial score (nSPS) is 10.6. The molecule has 5 nitrogen and oxygen atoms in total. The third kappa shape index (κ3) is 4.94. The van der Waals surface area contributed by atoms with E-state index in [9.17, 15) is 9.18 Å². The van der Waals surface area contributed by atoms with E-state index in [-0.39, 0.29) is 12.5 Å². The maximum Gasteiger partial charge on any atom is 0.258 e. The van der Waals surface area contributed by atoms with Gasteiger partial charge in [-0.05, 0) is 31.5 Å². The molecule has 3 rings (SSSR count). The second-order valence-electron chi connectivity index (χ2n) is 6.32. The molecule has 1 N–H and O–H groups in total. The Hall–Kier alpha value is -3.15. The van der Waals surface area contributed by atoms with Gasteiger partial charge < -0.3 is 10.1 Å². The third-order valence-electron chi connectivity index (χ3n) is 4.33. The van der Waals surface area contributed by atoms with Gasteiger partial charge in [-0.1, -0.05) is 36.4 Å². The highest BCUT2D eigenvalue weighted by atomic mass is 19.1. The van der Waals surface area contributed by atoms with Crippen molar-refractivity contribution >= 4 is 5.91 Å². The second kappa shape index (κ2) is 8.49. The molecule has 0 aliphatic rings. The minimum absolute atomic E-state index is 0.167. The zero-order valence-electron chi connectivity index (χ0n) is 15.4. The molecule has 3 aromatic rings. The van der Waals surface area contributed by atoms with Crippen molar-refractivity contribution in [3.8, 4) is 5.75 Å². The summed E-state index contributed by atoms with van der Waals surface area (Å²) in [4.78, 5) is 12.0. The number of ether oxygens (including phenoxy) is 1. The lowest BCUT2D eigenvalue weighted by molar-refractivity contribution is -0.123. The average Bonchev–Trinajstić information content (AvgIpc) is 2.92. The van der Waals surface area contributed by atoms with Crippen LogP contribution < -0.4 is 10.1 Å². The average molecular weight is 367 g/mol. The minimum atomic E-state index is -0.398. The van der Waals surface area contributed by atoms with Crippen molar-refractivity contribution in [2.75, 3.05) is 6.61 Å². The molecule has 0 saturated heterocycles. The van der Waals surface area contributed by atoms with Gasteiger partial charge in [0, 0.05) is 23.9 Å². The number of hydrogen-bond acceptors (Lipinski definition) is 3. The lowest BCUT2D eigenvalue weighted by Gasteiger charge is -2.09. The van der Waals surface area contributed by atoms with Gasteiger partial charge in [-0.2, -0.15) is 5.10 Å². The fourth-order valence-electron chi connectivity index (χ4n) is 2.84. The molecule has 1 heterocycles. The van der Waals surface area contributed by atoms with Gasteiger partial charge in [0.1, 0.15) is 11.6 Å². The molecule has 0 bridgehead atoms. The summed E-state index contributed by atoms with van der Waals surface area (Å²) in [5.74, 6) is -0.341. The van der Waals surface area contributed by atoms with E-state index in [1.54, 1.807) is 6.07 Å². The van der Waals surface area contributed by atoms with Gasteiger partial charge in [0.2, 0.25) is 0 Å². The van der Waals surface area contributed by atoms with E-state index >= 15 is 0 Å². The number of nitrogens with zero attached hydrogens (tertiary/aromatic N) is 2. The molecule has 0 spiro atoms. The summed E-state index contributed by atoms with van der Waals surface area (Å²) in [5.41, 5.74) is 4.06. The highest BCUT2D eigenvalue weighted by Gasteiger charge is 2.13. The molecule has 27 heavy (non-hydrogen) atoms. The van der Waals surface area contributed by atoms with Gasteiger partial charge in [-0.15, -0.1) is 0 Å². The zero-order valence-corrected chi connectivity index (χ0v) is 15.4. The second-order valence-corrected chi connectivity index (χ2v) is 6.32. The van der Waals surface area contributed by atoms with E-state index in [2.05, 4.69) is 22.5 Å². The van der Waals surface area contributed by atoms with Gasteiger partial charge in [0.05, 0.1) is 12.2 Å². The van der Waals surface area contributed by atoms with Crippen LogP contribution in [0.3, 0.4) is 0 Å². The Morgan fingerprint density at radius 2 is 1.93 bits per heavy atom. The molecule has 0 fully saturated rings. The number of carbonyl (C=O) groups excluding carboxylic acids is 1. The molecule has 0 saturated carbocycles. The predicted molar refractivity (Wildman–Crippen MR) is 101 cm³/mol. The van der Waals surface area contributed by atoms with Crippen LogP contribution in [0, 0.1) is 19.7 Å². The molecule has 1 amide bonds. The Morgan fingerprint density at radius 3 is 2.67 bits per heavy atom. The summed E-state index contributed by atoms with van der Waals surface area (Å²) in [6, 6.07) is 15.8. The van der Waals surface area contributed by atoms with E-state index in [1.165, 1.54) is 23.8 Å². The van der Waals surface area contributed by atoms with Crippen molar-refractivity contribution in [1.82, 2.24) is 15.1 Å². The Balaban J connectivity index is 1.56. The first-order valence-corrected chi connectivity index (χ1v) is 8.75. The van der Waals surface area contributed by atoms with Crippen molar-refractivity contribution in [1.29, 1.82) is 0 Å². The summed E-state index contributed by atoms with van der Waals surface area (Å²) in [6.07, 6.45) is 0. The van der Waals surface area contributed by atoms with Gasteiger partial charge in [-0.3, -0.25) is 9.48 Å². The summed E-state index contributed by atoms with van der Waals surface area (Å²) in [6.45, 7) is 4.81. The van der Waals surface area contributed by atoms with Crippen molar-refractivity contribution in [2.45, 2.75) is 26.9 Å². The van der Waals surface area contributed by atoms with Crippen LogP contribution in [0.15, 0.2) is 54.6 Å². The molecule has 2 aromatic carbocycles. The Kier molecular flexibility index (Phi) is 5.86. The van der Waals surface area contributed by atoms with Crippen LogP contribution in [-0.2, 0) is 17.9 Å². The van der Waals surface area contributed by atoms with Crippen molar-refractivity contribution in [2.24, 2.45) is 0 Å². The van der Waals surface area contributed by atoms with Crippen LogP contribution in [0.25, 0.3) is 0 Å². The van der Waals surface area contributed by atoms with Gasteiger partial charge in [-0.25, -0.2) is 4.39 Å². The molecular formula is C21H22FN3O2. The summed E-state index contributed by atoms with van der Waals surface area (Å²) in [5, 5.41) is 7.41. The highest BCUT2D eigenvalue weighted by molar-refractivity contribution is 5.77. The van der Waals surface area contributed by atoms with E-state index in [1.807, 2.05) is 36.7 Å². The first-order valence-electron chi connectivity index (χ1n) is 8.75. The molecule has 0 radical (unpaired) electrons. The van der Waals surface area contributed by atoms with E-state index in [0.29, 0.717) is 18.8 Å². The van der Waals surface area contributed by atoms with E-state index in [0.717, 1.165) is 17.0 Å². The van der Waals surface area contributed by atoms with Crippen molar-refractivity contribution in [3.63, 3.8) is 0 Å². The maximum atomic E-state index is 13.1. The first-order chi connectivity index (χ1) is 13.0. The summed E-state index contributed by atoms with van der Waals surface area (Å²) < 4.78 is 20.4. The number of amides is 1. The number of halogens is 1. The number of nitrogens with one attached hydrogen (secondary N) is 1. The molecule has 1 aromatic heterocycles. The maximum absolute atomic E-state index is 13.1. The zero-order chi connectivity index (χ0) is 19.2. The molecule has 140 valence electrons. The number of aromatic nitrogens is 2. The van der Waals surface area contributed by atoms with Crippen LogP contribution in [0.1, 0.15) is 22.5 Å². The quantitative estimate of drug-likeness (QED) is 0.696. The van der Waals surface area contributed by atoms with Crippen molar-refractivity contribution < 1.29 is 13.9 Å². The van der Waals surface area contributed by atoms with Gasteiger partial charge in [0.25, 0.3) is 5.91 Å². The minimum Gasteiger partial charge on any atom is -0.484 e. The SMILES string of the molecule is Cc1nn(Cc2ccccc2)c(C)c1CNC(=O)COc1cccc(F)c1. The topological polar surface area (TPSA) is 56.2 Å². The first kappa shape index (κ1) is 18.6. The predicted octanol–water partition coefficient (Wildman–Crippen LogP) is 3.38. The number of benzene rings is 2. The van der Waals surface area contributed by atoms with Crippen molar-refractivity contribution in [3.05, 3.63) is 82.9 Å². The largest absolute Gasteiger partial charge is 0.484 e. The number of hydrogen-bond donors (Lipinski definition) is 1. The number of carbonyl (C=O) groups is 1. The molecule has 0 unspecified atom stereocenters. The van der Waals surface area contributed by atoms with Crippen LogP contribution in [0.4, 0.5) is 4.39 Å². The van der Waals surface area contributed by atoms with Crippen LogP contribution in [0.5, 0.6) is 5.75 Å². The smallest absolute Gasteiger partial charge is 0.258 e. The Morgan fingerprint density at radius 1 is 1.15 bits per heavy atom.